The van der Waals surface area contributed by atoms with Gasteiger partial charge in [0.2, 0.25) is 6.79 Å². The maximum atomic E-state index is 14.1. The molecule has 7 rings (SSSR count). The standard InChI is InChI=1S/C31H27N5O3/c1-20-8-6-9-22(16-20)29-26-12-7-15-34(26)30-25(21(2)33-36(30)24-10-4-3-5-11-24)18-35(29)31(37)32-23-13-14-27-28(17-23)39-19-38-27/h3-17,29H,18-19H2,1-2H3,(H,32,37)/t29-/m1/s1. The molecule has 0 radical (unpaired) electrons. The van der Waals surface area contributed by atoms with Crippen molar-refractivity contribution in [2.24, 2.45) is 0 Å². The average Bonchev–Trinajstić information content (AvgIpc) is 3.66. The van der Waals surface area contributed by atoms with Crippen molar-refractivity contribution in [3.05, 3.63) is 119 Å². The molecule has 1 N–H and O–H groups in total. The Morgan fingerprint density at radius 2 is 1.77 bits per heavy atom. The van der Waals surface area contributed by atoms with Gasteiger partial charge in [0.15, 0.2) is 11.5 Å². The van der Waals surface area contributed by atoms with Crippen LogP contribution in [0.1, 0.15) is 34.1 Å². The molecule has 0 saturated carbocycles. The molecule has 0 unspecified atom stereocenters. The fourth-order valence-electron chi connectivity index (χ4n) is 5.51. The molecule has 8 nitrogen and oxygen atoms in total. The molecule has 2 amide bonds. The van der Waals surface area contributed by atoms with E-state index in [0.29, 0.717) is 23.7 Å². The predicted octanol–water partition coefficient (Wildman–Crippen LogP) is 6.15. The lowest BCUT2D eigenvalue weighted by Crippen LogP contribution is -2.38. The van der Waals surface area contributed by atoms with Gasteiger partial charge in [0.05, 0.1) is 29.7 Å². The molecular formula is C31H27N5O3. The molecule has 2 aliphatic rings. The highest BCUT2D eigenvalue weighted by Crippen LogP contribution is 2.39. The van der Waals surface area contributed by atoms with Crippen LogP contribution in [0.3, 0.4) is 0 Å². The number of benzene rings is 3. The number of nitrogens with zero attached hydrogens (tertiary/aromatic N) is 4. The number of hydrogen-bond acceptors (Lipinski definition) is 4. The molecule has 39 heavy (non-hydrogen) atoms. The van der Waals surface area contributed by atoms with E-state index in [2.05, 4.69) is 47.3 Å². The van der Waals surface area contributed by atoms with Crippen molar-refractivity contribution in [2.45, 2.75) is 26.4 Å². The predicted molar refractivity (Wildman–Crippen MR) is 148 cm³/mol. The number of aryl methyl sites for hydroxylation is 2. The summed E-state index contributed by atoms with van der Waals surface area (Å²) in [5.41, 5.74) is 6.63. The smallest absolute Gasteiger partial charge is 0.322 e. The summed E-state index contributed by atoms with van der Waals surface area (Å²) in [5.74, 6) is 2.23. The molecule has 3 aromatic carbocycles. The SMILES string of the molecule is Cc1cccc([C@@H]2c3cccn3-c3c(c(C)nn3-c3ccccc3)CN2C(=O)Nc2ccc3c(c2)OCO3)c1. The first-order chi connectivity index (χ1) is 19.1. The molecule has 0 aliphatic carbocycles. The normalized spacial score (nSPS) is 15.4. The summed E-state index contributed by atoms with van der Waals surface area (Å²) in [6.07, 6.45) is 2.05. The lowest BCUT2D eigenvalue weighted by Gasteiger charge is -2.31. The van der Waals surface area contributed by atoms with E-state index < -0.39 is 0 Å². The Labute approximate surface area is 226 Å². The highest BCUT2D eigenvalue weighted by molar-refractivity contribution is 5.90. The molecular weight excluding hydrogens is 490 g/mol. The third-order valence-corrected chi connectivity index (χ3v) is 7.33. The molecule has 2 aliphatic heterocycles. The number of hydrogen-bond donors (Lipinski definition) is 1. The van der Waals surface area contributed by atoms with E-state index in [1.165, 1.54) is 0 Å². The van der Waals surface area contributed by atoms with Gasteiger partial charge < -0.3 is 24.3 Å². The Hall–Kier alpha value is -4.98. The minimum atomic E-state index is -0.329. The van der Waals surface area contributed by atoms with Crippen LogP contribution in [0.4, 0.5) is 10.5 Å². The fraction of sp³-hybridized carbons (Fsp3) is 0.161. The second-order valence-electron chi connectivity index (χ2n) is 9.88. The van der Waals surface area contributed by atoms with Crippen LogP contribution in [-0.4, -0.2) is 32.1 Å². The number of carbonyl (C=O) groups excluding carboxylic acids is 1. The summed E-state index contributed by atoms with van der Waals surface area (Å²) in [7, 11) is 0. The lowest BCUT2D eigenvalue weighted by molar-refractivity contribution is 0.174. The first-order valence-corrected chi connectivity index (χ1v) is 12.9. The summed E-state index contributed by atoms with van der Waals surface area (Å²) >= 11 is 0. The number of anilines is 1. The number of para-hydroxylation sites is 1. The zero-order chi connectivity index (χ0) is 26.5. The quantitative estimate of drug-likeness (QED) is 0.312. The first kappa shape index (κ1) is 23.2. The van der Waals surface area contributed by atoms with Crippen LogP contribution in [0.25, 0.3) is 11.5 Å². The number of rotatable bonds is 3. The van der Waals surface area contributed by atoms with E-state index >= 15 is 0 Å². The summed E-state index contributed by atoms with van der Waals surface area (Å²) in [5, 5.41) is 8.03. The molecule has 0 saturated heterocycles. The monoisotopic (exact) mass is 517 g/mol. The number of ether oxygens (including phenoxy) is 2. The van der Waals surface area contributed by atoms with Crippen LogP contribution < -0.4 is 14.8 Å². The highest BCUT2D eigenvalue weighted by Gasteiger charge is 2.36. The molecule has 8 heteroatoms. The van der Waals surface area contributed by atoms with Gasteiger partial charge in [-0.15, -0.1) is 0 Å². The van der Waals surface area contributed by atoms with Crippen molar-refractivity contribution in [1.29, 1.82) is 0 Å². The van der Waals surface area contributed by atoms with E-state index in [9.17, 15) is 4.79 Å². The van der Waals surface area contributed by atoms with Gasteiger partial charge >= 0.3 is 6.03 Å². The largest absolute Gasteiger partial charge is 0.454 e. The third-order valence-electron chi connectivity index (χ3n) is 7.33. The Balaban J connectivity index is 1.38. The van der Waals surface area contributed by atoms with Gasteiger partial charge in [-0.3, -0.25) is 0 Å². The van der Waals surface area contributed by atoms with Crippen molar-refractivity contribution in [2.75, 3.05) is 12.1 Å². The van der Waals surface area contributed by atoms with Gasteiger partial charge in [-0.25, -0.2) is 9.48 Å². The van der Waals surface area contributed by atoms with Crippen LogP contribution in [0.2, 0.25) is 0 Å². The number of amides is 2. The van der Waals surface area contributed by atoms with Crippen molar-refractivity contribution < 1.29 is 14.3 Å². The van der Waals surface area contributed by atoms with Gasteiger partial charge in [-0.1, -0.05) is 48.0 Å². The van der Waals surface area contributed by atoms with E-state index in [-0.39, 0.29) is 18.9 Å². The summed E-state index contributed by atoms with van der Waals surface area (Å²) in [4.78, 5) is 16.0. The molecule has 0 spiro atoms. The average molecular weight is 518 g/mol. The van der Waals surface area contributed by atoms with E-state index in [4.69, 9.17) is 14.6 Å². The Kier molecular flexibility index (Phi) is 5.40. The zero-order valence-electron chi connectivity index (χ0n) is 21.7. The van der Waals surface area contributed by atoms with Crippen LogP contribution >= 0.6 is 0 Å². The second-order valence-corrected chi connectivity index (χ2v) is 9.88. The Morgan fingerprint density at radius 3 is 2.62 bits per heavy atom. The minimum absolute atomic E-state index is 0.179. The number of urea groups is 1. The summed E-state index contributed by atoms with van der Waals surface area (Å²) < 4.78 is 15.1. The van der Waals surface area contributed by atoms with Crippen molar-refractivity contribution in [3.63, 3.8) is 0 Å². The Morgan fingerprint density at radius 1 is 0.923 bits per heavy atom. The van der Waals surface area contributed by atoms with Crippen LogP contribution in [-0.2, 0) is 6.54 Å². The minimum Gasteiger partial charge on any atom is -0.454 e. The van der Waals surface area contributed by atoms with Gasteiger partial charge in [-0.05, 0) is 55.8 Å². The van der Waals surface area contributed by atoms with Gasteiger partial charge in [0, 0.05) is 23.5 Å². The van der Waals surface area contributed by atoms with Crippen molar-refractivity contribution >= 4 is 11.7 Å². The molecule has 5 aromatic rings. The first-order valence-electron chi connectivity index (χ1n) is 12.9. The second kappa shape index (κ2) is 9.09. The number of fused-ring (bicyclic) bond motifs is 4. The van der Waals surface area contributed by atoms with Crippen LogP contribution in [0.5, 0.6) is 11.5 Å². The maximum absolute atomic E-state index is 14.1. The van der Waals surface area contributed by atoms with Gasteiger partial charge in [0.1, 0.15) is 5.82 Å². The lowest BCUT2D eigenvalue weighted by atomic mass is 10.00. The summed E-state index contributed by atoms with van der Waals surface area (Å²) in [6, 6.07) is 27.5. The fourth-order valence-corrected chi connectivity index (χ4v) is 5.51. The third kappa shape index (κ3) is 3.92. The Bertz CT molecular complexity index is 1700. The van der Waals surface area contributed by atoms with Gasteiger partial charge in [-0.2, -0.15) is 5.10 Å². The van der Waals surface area contributed by atoms with Crippen LogP contribution in [0.15, 0.2) is 91.1 Å². The maximum Gasteiger partial charge on any atom is 0.322 e. The van der Waals surface area contributed by atoms with Gasteiger partial charge in [0.25, 0.3) is 0 Å². The van der Waals surface area contributed by atoms with E-state index in [1.807, 2.05) is 71.1 Å². The zero-order valence-corrected chi connectivity index (χ0v) is 21.7. The molecule has 4 heterocycles. The van der Waals surface area contributed by atoms with Crippen molar-refractivity contribution in [3.8, 4) is 23.0 Å². The molecule has 2 aromatic heterocycles. The van der Waals surface area contributed by atoms with E-state index in [0.717, 1.165) is 39.6 Å². The molecule has 0 bridgehead atoms. The number of carbonyl (C=O) groups is 1. The van der Waals surface area contributed by atoms with E-state index in [1.54, 1.807) is 6.07 Å². The number of aromatic nitrogens is 3. The molecule has 0 fully saturated rings. The van der Waals surface area contributed by atoms with Crippen LogP contribution in [0, 0.1) is 13.8 Å². The molecule has 1 atom stereocenters. The molecule has 194 valence electrons. The number of nitrogens with one attached hydrogen (secondary N) is 1. The highest BCUT2D eigenvalue weighted by atomic mass is 16.7. The summed E-state index contributed by atoms with van der Waals surface area (Å²) in [6.45, 7) is 4.63. The van der Waals surface area contributed by atoms with Crippen molar-refractivity contribution in [1.82, 2.24) is 19.2 Å². The topological polar surface area (TPSA) is 73.6 Å².